The highest BCUT2D eigenvalue weighted by Crippen LogP contribution is 2.42. The third-order valence-electron chi connectivity index (χ3n) is 5.17. The van der Waals surface area contributed by atoms with E-state index in [1.165, 1.54) is 0 Å². The fraction of sp³-hybridized carbons (Fsp3) is 0.250. The third-order valence-corrected chi connectivity index (χ3v) is 5.17. The average molecular weight is 389 g/mol. The fourth-order valence-corrected chi connectivity index (χ4v) is 3.66. The summed E-state index contributed by atoms with van der Waals surface area (Å²) in [5.41, 5.74) is 2.28. The Bertz CT molecular complexity index is 1130. The molecule has 0 radical (unpaired) electrons. The molecular formula is C24H23NO4. The standard InChI is InChI=1S/C24H23NO4/c1-4-28-22(26)16-12-19(25-14-16)21(20-13-24(2,3)23(27)29-20)18-11-7-9-15-8-5-6-10-17(15)18/h5-12,14,25H,4,13H2,1-3H3/b21-20+. The van der Waals surface area contributed by atoms with Gasteiger partial charge in [-0.25, -0.2) is 4.79 Å². The summed E-state index contributed by atoms with van der Waals surface area (Å²) >= 11 is 0. The highest BCUT2D eigenvalue weighted by Gasteiger charge is 2.40. The number of carbonyl (C=O) groups excluding carboxylic acids is 2. The van der Waals surface area contributed by atoms with Crippen LogP contribution in [-0.2, 0) is 14.3 Å². The molecule has 0 amide bonds. The number of H-pyrrole nitrogens is 1. The lowest BCUT2D eigenvalue weighted by molar-refractivity contribution is -0.142. The second-order valence-electron chi connectivity index (χ2n) is 7.80. The minimum absolute atomic E-state index is 0.248. The molecule has 0 unspecified atom stereocenters. The van der Waals surface area contributed by atoms with Gasteiger partial charge in [-0.05, 0) is 43.2 Å². The molecule has 1 aliphatic heterocycles. The van der Waals surface area contributed by atoms with Crippen LogP contribution in [0.25, 0.3) is 16.3 Å². The zero-order valence-electron chi connectivity index (χ0n) is 16.7. The molecule has 0 spiro atoms. The summed E-state index contributed by atoms with van der Waals surface area (Å²) in [6, 6.07) is 15.9. The van der Waals surface area contributed by atoms with Gasteiger partial charge < -0.3 is 14.5 Å². The Morgan fingerprint density at radius 3 is 2.66 bits per heavy atom. The van der Waals surface area contributed by atoms with Gasteiger partial charge in [-0.1, -0.05) is 42.5 Å². The molecule has 0 atom stereocenters. The zero-order chi connectivity index (χ0) is 20.6. The van der Waals surface area contributed by atoms with Crippen molar-refractivity contribution in [2.75, 3.05) is 6.61 Å². The first kappa shape index (κ1) is 19.0. The number of hydrogen-bond donors (Lipinski definition) is 1. The van der Waals surface area contributed by atoms with Gasteiger partial charge in [-0.2, -0.15) is 0 Å². The summed E-state index contributed by atoms with van der Waals surface area (Å²) < 4.78 is 10.8. The van der Waals surface area contributed by atoms with Crippen molar-refractivity contribution in [3.63, 3.8) is 0 Å². The Balaban J connectivity index is 1.92. The third kappa shape index (κ3) is 3.44. The van der Waals surface area contributed by atoms with E-state index >= 15 is 0 Å². The number of allylic oxidation sites excluding steroid dienone is 1. The average Bonchev–Trinajstić information content (AvgIpc) is 3.27. The van der Waals surface area contributed by atoms with Crippen molar-refractivity contribution in [2.24, 2.45) is 5.41 Å². The smallest absolute Gasteiger partial charge is 0.339 e. The Labute approximate surface area is 169 Å². The van der Waals surface area contributed by atoms with E-state index in [0.29, 0.717) is 30.0 Å². The fourth-order valence-electron chi connectivity index (χ4n) is 3.66. The van der Waals surface area contributed by atoms with Crippen LogP contribution in [0.5, 0.6) is 0 Å². The maximum absolute atomic E-state index is 12.4. The number of carbonyl (C=O) groups is 2. The number of hydrogen-bond acceptors (Lipinski definition) is 4. The topological polar surface area (TPSA) is 68.4 Å². The molecule has 29 heavy (non-hydrogen) atoms. The predicted molar refractivity (Wildman–Crippen MR) is 111 cm³/mol. The van der Waals surface area contributed by atoms with Crippen LogP contribution in [-0.4, -0.2) is 23.5 Å². The molecule has 3 aromatic rings. The molecule has 0 bridgehead atoms. The molecule has 5 nitrogen and oxygen atoms in total. The molecule has 2 aromatic carbocycles. The van der Waals surface area contributed by atoms with Crippen molar-refractivity contribution in [1.82, 2.24) is 4.98 Å². The first-order valence-electron chi connectivity index (χ1n) is 9.70. The first-order chi connectivity index (χ1) is 13.9. The van der Waals surface area contributed by atoms with Crippen LogP contribution in [0.2, 0.25) is 0 Å². The van der Waals surface area contributed by atoms with Gasteiger partial charge in [0.05, 0.1) is 23.3 Å². The summed E-state index contributed by atoms with van der Waals surface area (Å²) in [4.78, 5) is 27.7. The van der Waals surface area contributed by atoms with Crippen LogP contribution in [0.1, 0.15) is 48.8 Å². The van der Waals surface area contributed by atoms with Gasteiger partial charge in [-0.3, -0.25) is 4.79 Å². The summed E-state index contributed by atoms with van der Waals surface area (Å²) in [6.07, 6.45) is 2.11. The zero-order valence-corrected chi connectivity index (χ0v) is 16.7. The molecular weight excluding hydrogens is 366 g/mol. The van der Waals surface area contributed by atoms with E-state index in [2.05, 4.69) is 4.98 Å². The summed E-state index contributed by atoms with van der Waals surface area (Å²) in [7, 11) is 0. The van der Waals surface area contributed by atoms with Crippen LogP contribution in [0.4, 0.5) is 0 Å². The molecule has 0 saturated carbocycles. The Morgan fingerprint density at radius 2 is 1.93 bits per heavy atom. The number of benzene rings is 2. The summed E-state index contributed by atoms with van der Waals surface area (Å²) in [6.45, 7) is 5.83. The van der Waals surface area contributed by atoms with Crippen molar-refractivity contribution in [3.05, 3.63) is 77.3 Å². The molecule has 0 aliphatic carbocycles. The molecule has 1 N–H and O–H groups in total. The molecule has 5 heteroatoms. The second kappa shape index (κ2) is 7.24. The van der Waals surface area contributed by atoms with Gasteiger partial charge in [-0.15, -0.1) is 0 Å². The van der Waals surface area contributed by atoms with Crippen molar-refractivity contribution in [2.45, 2.75) is 27.2 Å². The van der Waals surface area contributed by atoms with E-state index in [1.54, 1.807) is 19.2 Å². The largest absolute Gasteiger partial charge is 0.462 e. The maximum atomic E-state index is 12.4. The van der Waals surface area contributed by atoms with E-state index in [9.17, 15) is 9.59 Å². The molecule has 1 saturated heterocycles. The van der Waals surface area contributed by atoms with E-state index in [-0.39, 0.29) is 11.9 Å². The highest BCUT2D eigenvalue weighted by molar-refractivity contribution is 6.00. The first-order valence-corrected chi connectivity index (χ1v) is 9.70. The van der Waals surface area contributed by atoms with E-state index in [1.807, 2.05) is 56.3 Å². The van der Waals surface area contributed by atoms with E-state index in [0.717, 1.165) is 21.9 Å². The molecule has 1 aliphatic rings. The summed E-state index contributed by atoms with van der Waals surface area (Å²) in [5.74, 6) is -0.0305. The molecule has 4 rings (SSSR count). The van der Waals surface area contributed by atoms with Gasteiger partial charge in [0, 0.05) is 18.2 Å². The van der Waals surface area contributed by atoms with Gasteiger partial charge >= 0.3 is 11.9 Å². The molecule has 1 aromatic heterocycles. The number of rotatable bonds is 4. The van der Waals surface area contributed by atoms with Crippen molar-refractivity contribution in [3.8, 4) is 0 Å². The number of cyclic esters (lactones) is 1. The van der Waals surface area contributed by atoms with Gasteiger partial charge in [0.25, 0.3) is 0 Å². The quantitative estimate of drug-likeness (QED) is 0.632. The molecule has 1 fully saturated rings. The SMILES string of the molecule is CCOC(=O)c1c[nH]c(/C(=C2\CC(C)(C)C(=O)O2)c2cccc3ccccc23)c1. The molecule has 148 valence electrons. The predicted octanol–water partition coefficient (Wildman–Crippen LogP) is 5.08. The Hall–Kier alpha value is -3.34. The van der Waals surface area contributed by atoms with Gasteiger partial charge in [0.15, 0.2) is 0 Å². The minimum Gasteiger partial charge on any atom is -0.462 e. The van der Waals surface area contributed by atoms with Gasteiger partial charge in [0.1, 0.15) is 5.76 Å². The van der Waals surface area contributed by atoms with Crippen LogP contribution in [0, 0.1) is 5.41 Å². The Kier molecular flexibility index (Phi) is 4.74. The van der Waals surface area contributed by atoms with E-state index in [4.69, 9.17) is 9.47 Å². The van der Waals surface area contributed by atoms with Crippen molar-refractivity contribution in [1.29, 1.82) is 0 Å². The normalized spacial score (nSPS) is 17.3. The van der Waals surface area contributed by atoms with Crippen LogP contribution in [0.15, 0.2) is 60.5 Å². The highest BCUT2D eigenvalue weighted by atomic mass is 16.5. The summed E-state index contributed by atoms with van der Waals surface area (Å²) in [5, 5.41) is 2.13. The lowest BCUT2D eigenvalue weighted by Crippen LogP contribution is -2.16. The Morgan fingerprint density at radius 1 is 1.17 bits per heavy atom. The number of ether oxygens (including phenoxy) is 2. The maximum Gasteiger partial charge on any atom is 0.339 e. The lowest BCUT2D eigenvalue weighted by atomic mass is 9.88. The van der Waals surface area contributed by atoms with Crippen LogP contribution < -0.4 is 0 Å². The number of esters is 2. The number of aromatic nitrogens is 1. The number of fused-ring (bicyclic) bond motifs is 1. The van der Waals surface area contributed by atoms with Crippen LogP contribution in [0.3, 0.4) is 0 Å². The van der Waals surface area contributed by atoms with Gasteiger partial charge in [0.2, 0.25) is 0 Å². The lowest BCUT2D eigenvalue weighted by Gasteiger charge is -2.13. The minimum atomic E-state index is -0.596. The van der Waals surface area contributed by atoms with Crippen LogP contribution >= 0.6 is 0 Å². The second-order valence-corrected chi connectivity index (χ2v) is 7.80. The molecule has 2 heterocycles. The monoisotopic (exact) mass is 389 g/mol. The number of aromatic amines is 1. The van der Waals surface area contributed by atoms with E-state index < -0.39 is 5.41 Å². The number of nitrogens with one attached hydrogen (secondary N) is 1. The van der Waals surface area contributed by atoms with Crippen molar-refractivity contribution < 1.29 is 19.1 Å². The van der Waals surface area contributed by atoms with Crippen molar-refractivity contribution >= 4 is 28.3 Å².